The topological polar surface area (TPSA) is 115 Å². The lowest BCUT2D eigenvalue weighted by Gasteiger charge is -2.16. The zero-order valence-corrected chi connectivity index (χ0v) is 10.9. The second-order valence-corrected chi connectivity index (χ2v) is 6.31. The molecule has 0 aliphatic carbocycles. The average Bonchev–Trinajstić information content (AvgIpc) is 2.70. The summed E-state index contributed by atoms with van der Waals surface area (Å²) in [7, 11) is -4.32. The highest BCUT2D eigenvalue weighted by Gasteiger charge is 2.38. The lowest BCUT2D eigenvalue weighted by atomic mass is 10.2. The van der Waals surface area contributed by atoms with Crippen molar-refractivity contribution in [2.75, 3.05) is 13.1 Å². The van der Waals surface area contributed by atoms with Crippen LogP contribution in [0.2, 0.25) is 0 Å². The van der Waals surface area contributed by atoms with Gasteiger partial charge in [0.05, 0.1) is 17.8 Å². The summed E-state index contributed by atoms with van der Waals surface area (Å²) >= 11 is 0. The van der Waals surface area contributed by atoms with Crippen molar-refractivity contribution in [1.29, 1.82) is 0 Å². The van der Waals surface area contributed by atoms with Gasteiger partial charge in [0.15, 0.2) is 0 Å². The minimum absolute atomic E-state index is 0.370. The lowest BCUT2D eigenvalue weighted by Crippen LogP contribution is -2.30. The molecule has 20 heavy (non-hydrogen) atoms. The van der Waals surface area contributed by atoms with E-state index < -0.39 is 38.9 Å². The number of β-amino-alcohol motifs (C(OH)–C–C–N with tert-alkyl or cyclic N) is 2. The molecule has 1 heterocycles. The van der Waals surface area contributed by atoms with Gasteiger partial charge in [0, 0.05) is 13.1 Å². The van der Waals surface area contributed by atoms with E-state index in [-0.39, 0.29) is 18.7 Å². The monoisotopic (exact) mass is 305 g/mol. The fourth-order valence-electron chi connectivity index (χ4n) is 1.90. The van der Waals surface area contributed by atoms with E-state index in [4.69, 9.17) is 5.11 Å². The largest absolute Gasteiger partial charge is 0.478 e. The van der Waals surface area contributed by atoms with Gasteiger partial charge in [0.1, 0.15) is 10.7 Å². The first kappa shape index (κ1) is 14.9. The Bertz CT molecular complexity index is 636. The van der Waals surface area contributed by atoms with Crippen LogP contribution in [0.5, 0.6) is 0 Å². The molecule has 0 amide bonds. The van der Waals surface area contributed by atoms with Crippen molar-refractivity contribution in [3.63, 3.8) is 0 Å². The molecule has 2 atom stereocenters. The van der Waals surface area contributed by atoms with Crippen LogP contribution in [0.15, 0.2) is 23.1 Å². The third-order valence-electron chi connectivity index (χ3n) is 3.02. The number of hydrogen-bond acceptors (Lipinski definition) is 5. The second-order valence-electron chi connectivity index (χ2n) is 4.41. The minimum Gasteiger partial charge on any atom is -0.478 e. The molecule has 0 spiro atoms. The van der Waals surface area contributed by atoms with Crippen molar-refractivity contribution in [2.24, 2.45) is 0 Å². The fourth-order valence-corrected chi connectivity index (χ4v) is 3.47. The number of nitrogens with zero attached hydrogens (tertiary/aromatic N) is 1. The van der Waals surface area contributed by atoms with Crippen molar-refractivity contribution >= 4 is 16.0 Å². The van der Waals surface area contributed by atoms with Crippen LogP contribution in [-0.2, 0) is 10.0 Å². The molecule has 0 saturated carbocycles. The Kier molecular flexibility index (Phi) is 3.78. The Labute approximate surface area is 113 Å². The number of aliphatic hydroxyl groups excluding tert-OH is 2. The number of aliphatic hydroxyl groups is 2. The molecule has 1 aromatic rings. The van der Waals surface area contributed by atoms with Gasteiger partial charge in [0.2, 0.25) is 10.0 Å². The maximum Gasteiger partial charge on any atom is 0.335 e. The molecule has 1 aromatic carbocycles. The molecule has 1 saturated heterocycles. The number of benzene rings is 1. The Morgan fingerprint density at radius 2 is 1.80 bits per heavy atom. The van der Waals surface area contributed by atoms with Crippen LogP contribution in [0.4, 0.5) is 4.39 Å². The van der Waals surface area contributed by atoms with Gasteiger partial charge in [0.25, 0.3) is 0 Å². The smallest absolute Gasteiger partial charge is 0.335 e. The molecule has 0 bridgehead atoms. The van der Waals surface area contributed by atoms with E-state index in [1.165, 1.54) is 0 Å². The molecule has 2 unspecified atom stereocenters. The Hall–Kier alpha value is -1.55. The molecule has 1 aliphatic heterocycles. The summed E-state index contributed by atoms with van der Waals surface area (Å²) in [6.07, 6.45) is -2.51. The summed E-state index contributed by atoms with van der Waals surface area (Å²) < 4.78 is 38.8. The van der Waals surface area contributed by atoms with Crippen molar-refractivity contribution in [2.45, 2.75) is 17.1 Å². The van der Waals surface area contributed by atoms with Crippen LogP contribution < -0.4 is 0 Å². The van der Waals surface area contributed by atoms with E-state index in [1.54, 1.807) is 0 Å². The summed E-state index contributed by atoms with van der Waals surface area (Å²) in [5, 5.41) is 27.5. The van der Waals surface area contributed by atoms with E-state index >= 15 is 0 Å². The molecule has 0 radical (unpaired) electrons. The summed E-state index contributed by atoms with van der Waals surface area (Å²) in [6.45, 7) is -0.750. The van der Waals surface area contributed by atoms with Gasteiger partial charge in [-0.25, -0.2) is 17.6 Å². The average molecular weight is 305 g/mol. The predicted molar refractivity (Wildman–Crippen MR) is 64.1 cm³/mol. The fraction of sp³-hybridized carbons (Fsp3) is 0.364. The first-order valence-electron chi connectivity index (χ1n) is 5.62. The SMILES string of the molecule is O=C(O)c1ccc(F)c(S(=O)(=O)N2CC(O)C(O)C2)c1. The van der Waals surface area contributed by atoms with Crippen LogP contribution in [-0.4, -0.2) is 59.3 Å². The molecule has 7 nitrogen and oxygen atoms in total. The highest BCUT2D eigenvalue weighted by Crippen LogP contribution is 2.24. The van der Waals surface area contributed by atoms with Gasteiger partial charge in [-0.3, -0.25) is 0 Å². The number of hydrogen-bond donors (Lipinski definition) is 3. The highest BCUT2D eigenvalue weighted by molar-refractivity contribution is 7.89. The Morgan fingerprint density at radius 3 is 2.30 bits per heavy atom. The van der Waals surface area contributed by atoms with Crippen LogP contribution in [0.25, 0.3) is 0 Å². The number of carboxylic acids is 1. The quantitative estimate of drug-likeness (QED) is 0.677. The predicted octanol–water partition coefficient (Wildman–Crippen LogP) is -0.750. The number of halogens is 1. The summed E-state index contributed by atoms with van der Waals surface area (Å²) in [6, 6.07) is 2.41. The third kappa shape index (κ3) is 2.52. The molecule has 3 N–H and O–H groups in total. The van der Waals surface area contributed by atoms with E-state index in [2.05, 4.69) is 0 Å². The van der Waals surface area contributed by atoms with E-state index in [9.17, 15) is 27.8 Å². The van der Waals surface area contributed by atoms with E-state index in [0.717, 1.165) is 12.1 Å². The molecule has 0 aromatic heterocycles. The standard InChI is InChI=1S/C11H12FNO6S/c12-7-2-1-6(11(16)17)3-10(7)20(18,19)13-4-8(14)9(15)5-13/h1-3,8-9,14-15H,4-5H2,(H,16,17). The zero-order valence-electron chi connectivity index (χ0n) is 10.1. The van der Waals surface area contributed by atoms with Crippen molar-refractivity contribution in [3.8, 4) is 0 Å². The normalized spacial score (nSPS) is 23.9. The van der Waals surface area contributed by atoms with E-state index in [0.29, 0.717) is 10.4 Å². The number of carboxylic acid groups (broad SMARTS) is 1. The summed E-state index contributed by atoms with van der Waals surface area (Å²) in [5.74, 6) is -2.48. The maximum absolute atomic E-state index is 13.7. The van der Waals surface area contributed by atoms with Crippen molar-refractivity contribution in [1.82, 2.24) is 4.31 Å². The first-order chi connectivity index (χ1) is 9.23. The molecular formula is C11H12FNO6S. The molecular weight excluding hydrogens is 293 g/mol. The van der Waals surface area contributed by atoms with Crippen LogP contribution in [0, 0.1) is 5.82 Å². The van der Waals surface area contributed by atoms with Gasteiger partial charge >= 0.3 is 5.97 Å². The lowest BCUT2D eigenvalue weighted by molar-refractivity contribution is 0.0572. The van der Waals surface area contributed by atoms with Crippen LogP contribution >= 0.6 is 0 Å². The highest BCUT2D eigenvalue weighted by atomic mass is 32.2. The summed E-state index contributed by atoms with van der Waals surface area (Å²) in [4.78, 5) is 10.0. The Morgan fingerprint density at radius 1 is 1.25 bits per heavy atom. The van der Waals surface area contributed by atoms with Crippen molar-refractivity contribution in [3.05, 3.63) is 29.6 Å². The Balaban J connectivity index is 2.44. The van der Waals surface area contributed by atoms with Crippen LogP contribution in [0.1, 0.15) is 10.4 Å². The molecule has 110 valence electrons. The molecule has 1 fully saturated rings. The first-order valence-corrected chi connectivity index (χ1v) is 7.06. The van der Waals surface area contributed by atoms with Gasteiger partial charge in [-0.15, -0.1) is 0 Å². The van der Waals surface area contributed by atoms with E-state index in [1.807, 2.05) is 0 Å². The van der Waals surface area contributed by atoms with Crippen molar-refractivity contribution < 1.29 is 32.9 Å². The summed E-state index contributed by atoms with van der Waals surface area (Å²) in [5.41, 5.74) is -0.370. The number of carbonyl (C=O) groups is 1. The molecule has 2 rings (SSSR count). The van der Waals surface area contributed by atoms with Gasteiger partial charge in [-0.1, -0.05) is 0 Å². The zero-order chi connectivity index (χ0) is 15.1. The number of rotatable bonds is 3. The number of aromatic carboxylic acids is 1. The minimum atomic E-state index is -4.32. The second kappa shape index (κ2) is 5.09. The van der Waals surface area contributed by atoms with Gasteiger partial charge in [-0.2, -0.15) is 4.31 Å². The van der Waals surface area contributed by atoms with Crippen LogP contribution in [0.3, 0.4) is 0 Å². The van der Waals surface area contributed by atoms with Gasteiger partial charge < -0.3 is 15.3 Å². The maximum atomic E-state index is 13.7. The third-order valence-corrected chi connectivity index (χ3v) is 4.87. The van der Waals surface area contributed by atoms with Gasteiger partial charge in [-0.05, 0) is 18.2 Å². The molecule has 9 heteroatoms. The molecule has 1 aliphatic rings. The number of sulfonamides is 1.